The lowest BCUT2D eigenvalue weighted by Crippen LogP contribution is -2.34. The minimum atomic E-state index is 0.230. The highest BCUT2D eigenvalue weighted by atomic mass is 32.2. The first kappa shape index (κ1) is 14.7. The first-order valence-corrected chi connectivity index (χ1v) is 8.28. The SMILES string of the molecule is CCC(N)Cc1c(C)nn(C)c1N(C)C1CCSC1. The largest absolute Gasteiger partial charge is 0.356 e. The van der Waals surface area contributed by atoms with Crippen LogP contribution < -0.4 is 10.6 Å². The molecule has 0 bridgehead atoms. The zero-order valence-electron chi connectivity index (χ0n) is 12.5. The van der Waals surface area contributed by atoms with Crippen molar-refractivity contribution in [1.29, 1.82) is 0 Å². The molecule has 2 heterocycles. The van der Waals surface area contributed by atoms with Gasteiger partial charge in [0.05, 0.1) is 5.69 Å². The Morgan fingerprint density at radius 1 is 1.58 bits per heavy atom. The Morgan fingerprint density at radius 2 is 2.32 bits per heavy atom. The third kappa shape index (κ3) is 3.08. The summed E-state index contributed by atoms with van der Waals surface area (Å²) in [6.07, 6.45) is 3.21. The molecular weight excluding hydrogens is 256 g/mol. The van der Waals surface area contributed by atoms with Crippen molar-refractivity contribution in [2.45, 2.75) is 45.2 Å². The molecule has 19 heavy (non-hydrogen) atoms. The molecule has 0 aromatic carbocycles. The Labute approximate surface area is 120 Å². The molecule has 4 nitrogen and oxygen atoms in total. The van der Waals surface area contributed by atoms with Crippen molar-refractivity contribution < 1.29 is 0 Å². The first-order chi connectivity index (χ1) is 9.04. The Kier molecular flexibility index (Phi) is 4.79. The fourth-order valence-electron chi connectivity index (χ4n) is 2.78. The summed E-state index contributed by atoms with van der Waals surface area (Å²) in [5, 5.41) is 4.60. The van der Waals surface area contributed by atoms with Crippen molar-refractivity contribution in [2.75, 3.05) is 23.5 Å². The smallest absolute Gasteiger partial charge is 0.130 e. The van der Waals surface area contributed by atoms with E-state index in [2.05, 4.69) is 30.9 Å². The van der Waals surface area contributed by atoms with Crippen LogP contribution in [0, 0.1) is 6.92 Å². The molecule has 2 N–H and O–H groups in total. The lowest BCUT2D eigenvalue weighted by molar-refractivity contribution is 0.629. The summed E-state index contributed by atoms with van der Waals surface area (Å²) in [5.74, 6) is 3.75. The van der Waals surface area contributed by atoms with Crippen molar-refractivity contribution in [3.63, 3.8) is 0 Å². The van der Waals surface area contributed by atoms with Crippen LogP contribution in [0.3, 0.4) is 0 Å². The van der Waals surface area contributed by atoms with E-state index in [1.807, 2.05) is 23.5 Å². The van der Waals surface area contributed by atoms with E-state index in [1.54, 1.807) is 0 Å². The van der Waals surface area contributed by atoms with E-state index < -0.39 is 0 Å². The van der Waals surface area contributed by atoms with Gasteiger partial charge in [-0.15, -0.1) is 0 Å². The molecule has 1 saturated heterocycles. The molecule has 1 aromatic rings. The second kappa shape index (κ2) is 6.18. The van der Waals surface area contributed by atoms with Crippen LogP contribution in [0.1, 0.15) is 31.0 Å². The lowest BCUT2D eigenvalue weighted by Gasteiger charge is -2.27. The topological polar surface area (TPSA) is 47.1 Å². The molecule has 0 spiro atoms. The van der Waals surface area contributed by atoms with Crippen molar-refractivity contribution in [2.24, 2.45) is 12.8 Å². The summed E-state index contributed by atoms with van der Waals surface area (Å²) < 4.78 is 2.02. The zero-order valence-corrected chi connectivity index (χ0v) is 13.3. The second-order valence-electron chi connectivity index (χ2n) is 5.51. The maximum atomic E-state index is 6.15. The molecule has 1 aromatic heterocycles. The van der Waals surface area contributed by atoms with E-state index in [0.717, 1.165) is 18.5 Å². The third-order valence-electron chi connectivity index (χ3n) is 4.09. The monoisotopic (exact) mass is 282 g/mol. The molecule has 2 atom stereocenters. The Morgan fingerprint density at radius 3 is 2.89 bits per heavy atom. The number of aryl methyl sites for hydroxylation is 2. The quantitative estimate of drug-likeness (QED) is 0.897. The van der Waals surface area contributed by atoms with Crippen molar-refractivity contribution in [1.82, 2.24) is 9.78 Å². The third-order valence-corrected chi connectivity index (χ3v) is 5.24. The minimum Gasteiger partial charge on any atom is -0.356 e. The molecule has 2 unspecified atom stereocenters. The standard InChI is InChI=1S/C14H26N4S/c1-5-11(15)8-13-10(2)16-18(4)14(13)17(3)12-6-7-19-9-12/h11-12H,5-9,15H2,1-4H3. The Hall–Kier alpha value is -0.680. The molecule has 0 saturated carbocycles. The normalized spacial score (nSPS) is 20.8. The highest BCUT2D eigenvalue weighted by Crippen LogP contribution is 2.30. The van der Waals surface area contributed by atoms with Crippen LogP contribution in [-0.2, 0) is 13.5 Å². The molecule has 108 valence electrons. The van der Waals surface area contributed by atoms with E-state index >= 15 is 0 Å². The number of aromatic nitrogens is 2. The fourth-order valence-corrected chi connectivity index (χ4v) is 4.04. The van der Waals surface area contributed by atoms with Gasteiger partial charge in [0, 0.05) is 37.5 Å². The van der Waals surface area contributed by atoms with Crippen LogP contribution in [0.5, 0.6) is 0 Å². The fraction of sp³-hybridized carbons (Fsp3) is 0.786. The van der Waals surface area contributed by atoms with Crippen molar-refractivity contribution in [3.8, 4) is 0 Å². The van der Waals surface area contributed by atoms with Gasteiger partial charge in [-0.05, 0) is 31.9 Å². The summed E-state index contributed by atoms with van der Waals surface area (Å²) >= 11 is 2.05. The predicted octanol–water partition coefficient (Wildman–Crippen LogP) is 1.95. The average Bonchev–Trinajstić information content (AvgIpc) is 2.98. The van der Waals surface area contributed by atoms with Crippen LogP contribution in [0.15, 0.2) is 0 Å². The van der Waals surface area contributed by atoms with Crippen LogP contribution in [-0.4, -0.2) is 40.4 Å². The summed E-state index contributed by atoms with van der Waals surface area (Å²) in [6, 6.07) is 0.865. The second-order valence-corrected chi connectivity index (χ2v) is 6.66. The molecule has 1 fully saturated rings. The average molecular weight is 282 g/mol. The number of rotatable bonds is 5. The van der Waals surface area contributed by atoms with Crippen LogP contribution >= 0.6 is 11.8 Å². The maximum Gasteiger partial charge on any atom is 0.130 e. The molecule has 5 heteroatoms. The molecular formula is C14H26N4S. The Balaban J connectivity index is 2.27. The highest BCUT2D eigenvalue weighted by molar-refractivity contribution is 7.99. The lowest BCUT2D eigenvalue weighted by atomic mass is 10.0. The van der Waals surface area contributed by atoms with Gasteiger partial charge >= 0.3 is 0 Å². The zero-order chi connectivity index (χ0) is 14.0. The van der Waals surface area contributed by atoms with Gasteiger partial charge < -0.3 is 10.6 Å². The maximum absolute atomic E-state index is 6.15. The van der Waals surface area contributed by atoms with Gasteiger partial charge in [0.25, 0.3) is 0 Å². The number of thioether (sulfide) groups is 1. The van der Waals surface area contributed by atoms with Gasteiger partial charge in [-0.1, -0.05) is 6.92 Å². The summed E-state index contributed by atoms with van der Waals surface area (Å²) in [6.45, 7) is 4.24. The molecule has 0 amide bonds. The first-order valence-electron chi connectivity index (χ1n) is 7.13. The number of hydrogen-bond donors (Lipinski definition) is 1. The molecule has 0 radical (unpaired) electrons. The van der Waals surface area contributed by atoms with Crippen LogP contribution in [0.25, 0.3) is 0 Å². The van der Waals surface area contributed by atoms with E-state index in [0.29, 0.717) is 6.04 Å². The van der Waals surface area contributed by atoms with Crippen LogP contribution in [0.2, 0.25) is 0 Å². The van der Waals surface area contributed by atoms with Gasteiger partial charge in [0.1, 0.15) is 5.82 Å². The number of anilines is 1. The number of hydrogen-bond acceptors (Lipinski definition) is 4. The highest BCUT2D eigenvalue weighted by Gasteiger charge is 2.26. The van der Waals surface area contributed by atoms with Gasteiger partial charge in [-0.25, -0.2) is 0 Å². The van der Waals surface area contributed by atoms with Crippen molar-refractivity contribution >= 4 is 17.6 Å². The van der Waals surface area contributed by atoms with Gasteiger partial charge in [-0.3, -0.25) is 4.68 Å². The van der Waals surface area contributed by atoms with Gasteiger partial charge in [0.2, 0.25) is 0 Å². The summed E-state index contributed by atoms with van der Waals surface area (Å²) in [4.78, 5) is 2.41. The Bertz CT molecular complexity index is 423. The molecule has 1 aliphatic heterocycles. The van der Waals surface area contributed by atoms with E-state index in [9.17, 15) is 0 Å². The summed E-state index contributed by atoms with van der Waals surface area (Å²) in [7, 11) is 4.25. The van der Waals surface area contributed by atoms with E-state index in [4.69, 9.17) is 5.73 Å². The predicted molar refractivity (Wildman–Crippen MR) is 84.0 cm³/mol. The van der Waals surface area contributed by atoms with Crippen LogP contribution in [0.4, 0.5) is 5.82 Å². The van der Waals surface area contributed by atoms with Crippen molar-refractivity contribution in [3.05, 3.63) is 11.3 Å². The molecule has 2 rings (SSSR count). The number of nitrogens with zero attached hydrogens (tertiary/aromatic N) is 3. The van der Waals surface area contributed by atoms with E-state index in [1.165, 1.54) is 29.3 Å². The molecule has 0 aliphatic carbocycles. The molecule has 1 aliphatic rings. The number of nitrogens with two attached hydrogens (primary N) is 1. The van der Waals surface area contributed by atoms with Gasteiger partial charge in [0.15, 0.2) is 0 Å². The van der Waals surface area contributed by atoms with Gasteiger partial charge in [-0.2, -0.15) is 16.9 Å². The minimum absolute atomic E-state index is 0.230. The van der Waals surface area contributed by atoms with E-state index in [-0.39, 0.29) is 6.04 Å². The summed E-state index contributed by atoms with van der Waals surface area (Å²) in [5.41, 5.74) is 8.60.